The highest BCUT2D eigenvalue weighted by atomic mass is 19.1. The molecule has 0 radical (unpaired) electrons. The van der Waals surface area contributed by atoms with Gasteiger partial charge in [0.1, 0.15) is 5.82 Å². The van der Waals surface area contributed by atoms with Crippen LogP contribution in [0.3, 0.4) is 0 Å². The molecule has 0 N–H and O–H groups in total. The predicted molar refractivity (Wildman–Crippen MR) is 97.8 cm³/mol. The van der Waals surface area contributed by atoms with Crippen molar-refractivity contribution in [1.29, 1.82) is 0 Å². The standard InChI is InChI=1S/C18H27B2FO4/c1-15(2)16(3,4)23-19(22-15)12-10-9-11-13(14(12)21)20-24-17(5,6)18(7,8)25-20/h9-11H,1-8H3. The highest BCUT2D eigenvalue weighted by Crippen LogP contribution is 2.38. The summed E-state index contributed by atoms with van der Waals surface area (Å²) in [7, 11) is -1.51. The van der Waals surface area contributed by atoms with Gasteiger partial charge in [0.05, 0.1) is 22.4 Å². The van der Waals surface area contributed by atoms with Gasteiger partial charge in [-0.3, -0.25) is 0 Å². The number of rotatable bonds is 2. The molecule has 0 saturated carbocycles. The maximum Gasteiger partial charge on any atom is 0.497 e. The number of hydrogen-bond acceptors (Lipinski definition) is 4. The van der Waals surface area contributed by atoms with E-state index in [4.69, 9.17) is 18.6 Å². The highest BCUT2D eigenvalue weighted by molar-refractivity contribution is 6.66. The third-order valence-corrected chi connectivity index (χ3v) is 6.07. The second-order valence-electron chi connectivity index (χ2n) is 8.93. The van der Waals surface area contributed by atoms with Crippen LogP contribution < -0.4 is 10.9 Å². The van der Waals surface area contributed by atoms with Crippen molar-refractivity contribution in [2.45, 2.75) is 77.8 Å². The van der Waals surface area contributed by atoms with E-state index >= 15 is 4.39 Å². The van der Waals surface area contributed by atoms with Gasteiger partial charge >= 0.3 is 14.2 Å². The van der Waals surface area contributed by atoms with Gasteiger partial charge in [-0.1, -0.05) is 18.2 Å². The zero-order valence-electron chi connectivity index (χ0n) is 16.4. The molecule has 2 heterocycles. The Bertz CT molecular complexity index is 601. The third kappa shape index (κ3) is 2.95. The maximum atomic E-state index is 15.3. The molecule has 0 amide bonds. The maximum absolute atomic E-state index is 15.3. The van der Waals surface area contributed by atoms with Crippen molar-refractivity contribution in [3.63, 3.8) is 0 Å². The van der Waals surface area contributed by atoms with Crippen LogP contribution in [0.2, 0.25) is 0 Å². The zero-order valence-corrected chi connectivity index (χ0v) is 16.4. The van der Waals surface area contributed by atoms with E-state index in [9.17, 15) is 0 Å². The molecule has 0 unspecified atom stereocenters. The first-order valence-electron chi connectivity index (χ1n) is 8.77. The smallest absolute Gasteiger partial charge is 0.399 e. The van der Waals surface area contributed by atoms with Crippen molar-refractivity contribution >= 4 is 25.2 Å². The zero-order chi connectivity index (χ0) is 18.8. The van der Waals surface area contributed by atoms with Gasteiger partial charge in [0.2, 0.25) is 0 Å². The Hall–Kier alpha value is -0.880. The van der Waals surface area contributed by atoms with Gasteiger partial charge in [-0.2, -0.15) is 0 Å². The molecule has 0 atom stereocenters. The monoisotopic (exact) mass is 348 g/mol. The molecule has 0 aromatic heterocycles. The van der Waals surface area contributed by atoms with Crippen LogP contribution in [0.4, 0.5) is 4.39 Å². The van der Waals surface area contributed by atoms with E-state index in [0.717, 1.165) is 0 Å². The van der Waals surface area contributed by atoms with E-state index in [-0.39, 0.29) is 0 Å². The minimum absolute atomic E-state index is 0.367. The topological polar surface area (TPSA) is 36.9 Å². The third-order valence-electron chi connectivity index (χ3n) is 6.07. The van der Waals surface area contributed by atoms with Crippen molar-refractivity contribution in [1.82, 2.24) is 0 Å². The summed E-state index contributed by atoms with van der Waals surface area (Å²) in [4.78, 5) is 0. The van der Waals surface area contributed by atoms with Crippen LogP contribution in [0.25, 0.3) is 0 Å². The first kappa shape index (κ1) is 18.9. The lowest BCUT2D eigenvalue weighted by molar-refractivity contribution is 0.00578. The molecule has 1 aromatic carbocycles. The molecule has 0 spiro atoms. The Kier molecular flexibility index (Phi) is 4.20. The summed E-state index contributed by atoms with van der Waals surface area (Å²) in [5, 5.41) is 0. The Morgan fingerprint density at radius 1 is 0.640 bits per heavy atom. The highest BCUT2D eigenvalue weighted by Gasteiger charge is 2.55. The molecular formula is C18H27B2FO4. The molecular weight excluding hydrogens is 321 g/mol. The summed E-state index contributed by atoms with van der Waals surface area (Å²) >= 11 is 0. The van der Waals surface area contributed by atoms with Crippen molar-refractivity contribution in [3.05, 3.63) is 24.0 Å². The molecule has 0 aliphatic carbocycles. The van der Waals surface area contributed by atoms with E-state index in [1.54, 1.807) is 18.2 Å². The van der Waals surface area contributed by atoms with Crippen molar-refractivity contribution in [2.24, 2.45) is 0 Å². The molecule has 1 aromatic rings. The van der Waals surface area contributed by atoms with Gasteiger partial charge < -0.3 is 18.6 Å². The number of hydrogen-bond donors (Lipinski definition) is 0. The SMILES string of the molecule is CC1(C)OB(c2cccc(B3OC(C)(C)C(C)(C)O3)c2F)OC1(C)C. The van der Waals surface area contributed by atoms with Crippen LogP contribution in [0.5, 0.6) is 0 Å². The lowest BCUT2D eigenvalue weighted by atomic mass is 9.71. The lowest BCUT2D eigenvalue weighted by Crippen LogP contribution is -2.45. The van der Waals surface area contributed by atoms with Gasteiger partial charge in [0.25, 0.3) is 0 Å². The van der Waals surface area contributed by atoms with Crippen LogP contribution in [-0.2, 0) is 18.6 Å². The second-order valence-corrected chi connectivity index (χ2v) is 8.93. The Labute approximate surface area is 150 Å². The lowest BCUT2D eigenvalue weighted by Gasteiger charge is -2.32. The van der Waals surface area contributed by atoms with E-state index in [1.165, 1.54) is 0 Å². The molecule has 2 saturated heterocycles. The summed E-state index contributed by atoms with van der Waals surface area (Å²) < 4.78 is 39.2. The fourth-order valence-corrected chi connectivity index (χ4v) is 2.87. The Balaban J connectivity index is 1.93. The summed E-state index contributed by atoms with van der Waals surface area (Å²) in [6.07, 6.45) is 0. The van der Waals surface area contributed by atoms with Gasteiger partial charge in [-0.25, -0.2) is 4.39 Å². The van der Waals surface area contributed by atoms with Crippen LogP contribution in [0.15, 0.2) is 18.2 Å². The fraction of sp³-hybridized carbons (Fsp3) is 0.667. The Morgan fingerprint density at radius 2 is 0.920 bits per heavy atom. The molecule has 25 heavy (non-hydrogen) atoms. The van der Waals surface area contributed by atoms with E-state index in [1.807, 2.05) is 55.4 Å². The molecule has 0 bridgehead atoms. The summed E-state index contributed by atoms with van der Waals surface area (Å²) in [5.41, 5.74) is -1.36. The van der Waals surface area contributed by atoms with Gasteiger partial charge in [0.15, 0.2) is 0 Å². The summed E-state index contributed by atoms with van der Waals surface area (Å²) in [5.74, 6) is -0.403. The van der Waals surface area contributed by atoms with Crippen molar-refractivity contribution in [2.75, 3.05) is 0 Å². The predicted octanol–water partition coefficient (Wildman–Crippen LogP) is 2.42. The van der Waals surface area contributed by atoms with Gasteiger partial charge in [0, 0.05) is 10.9 Å². The summed E-state index contributed by atoms with van der Waals surface area (Å²) in [6.45, 7) is 15.6. The average molecular weight is 348 g/mol. The average Bonchev–Trinajstić information content (AvgIpc) is 2.78. The quantitative estimate of drug-likeness (QED) is 0.770. The second kappa shape index (κ2) is 5.56. The largest absolute Gasteiger partial charge is 0.497 e. The van der Waals surface area contributed by atoms with Gasteiger partial charge in [-0.05, 0) is 55.4 Å². The van der Waals surface area contributed by atoms with Crippen LogP contribution in [0.1, 0.15) is 55.4 Å². The number of benzene rings is 1. The van der Waals surface area contributed by atoms with Crippen molar-refractivity contribution < 1.29 is 23.0 Å². The number of halogens is 1. The molecule has 3 rings (SSSR count). The minimum atomic E-state index is -0.757. The van der Waals surface area contributed by atoms with Crippen LogP contribution >= 0.6 is 0 Å². The summed E-state index contributed by atoms with van der Waals surface area (Å²) in [6, 6.07) is 5.16. The fourth-order valence-electron chi connectivity index (χ4n) is 2.87. The molecule has 4 nitrogen and oxygen atoms in total. The van der Waals surface area contributed by atoms with E-state index in [0.29, 0.717) is 10.9 Å². The van der Waals surface area contributed by atoms with E-state index < -0.39 is 42.5 Å². The van der Waals surface area contributed by atoms with Crippen LogP contribution in [0, 0.1) is 5.82 Å². The molecule has 2 fully saturated rings. The Morgan fingerprint density at radius 3 is 1.20 bits per heavy atom. The molecule has 7 heteroatoms. The van der Waals surface area contributed by atoms with E-state index in [2.05, 4.69) is 0 Å². The first-order chi connectivity index (χ1) is 11.3. The normalized spacial score (nSPS) is 26.3. The molecule has 2 aliphatic heterocycles. The van der Waals surface area contributed by atoms with Gasteiger partial charge in [-0.15, -0.1) is 0 Å². The molecule has 136 valence electrons. The van der Waals surface area contributed by atoms with Crippen LogP contribution in [-0.4, -0.2) is 36.6 Å². The first-order valence-corrected chi connectivity index (χ1v) is 8.77. The van der Waals surface area contributed by atoms with Crippen molar-refractivity contribution in [3.8, 4) is 0 Å². The molecule has 2 aliphatic rings. The minimum Gasteiger partial charge on any atom is -0.399 e.